The molecule has 5 heteroatoms. The lowest BCUT2D eigenvalue weighted by Gasteiger charge is -2.42. The van der Waals surface area contributed by atoms with Gasteiger partial charge in [0.05, 0.1) is 11.9 Å². The molecule has 0 radical (unpaired) electrons. The van der Waals surface area contributed by atoms with Gasteiger partial charge in [-0.2, -0.15) is 11.8 Å². The fourth-order valence-corrected chi connectivity index (χ4v) is 4.00. The van der Waals surface area contributed by atoms with Crippen LogP contribution in [0.2, 0.25) is 0 Å². The maximum absolute atomic E-state index is 12.7. The number of thioether (sulfide) groups is 1. The Morgan fingerprint density at radius 2 is 2.14 bits per heavy atom. The van der Waals surface area contributed by atoms with E-state index in [1.165, 1.54) is 0 Å². The first kappa shape index (κ1) is 17.5. The zero-order valence-corrected chi connectivity index (χ0v) is 14.0. The first-order valence-electron chi connectivity index (χ1n) is 7.69. The lowest BCUT2D eigenvalue weighted by atomic mass is 9.85. The topological polar surface area (TPSA) is 55.8 Å². The average Bonchev–Trinajstić information content (AvgIpc) is 2.56. The van der Waals surface area contributed by atoms with Gasteiger partial charge >= 0.3 is 0 Å². The van der Waals surface area contributed by atoms with E-state index in [2.05, 4.69) is 6.92 Å². The molecule has 3 unspecified atom stereocenters. The molecule has 0 bridgehead atoms. The Labute approximate surface area is 136 Å². The Bertz CT molecular complexity index is 479. The van der Waals surface area contributed by atoms with Crippen LogP contribution >= 0.6 is 11.8 Å². The van der Waals surface area contributed by atoms with Crippen molar-refractivity contribution in [2.75, 3.05) is 19.5 Å². The molecule has 2 rings (SSSR count). The molecule has 1 saturated heterocycles. The lowest BCUT2D eigenvalue weighted by molar-refractivity contribution is -0.229. The second-order valence-corrected chi connectivity index (χ2v) is 6.81. The SMILES string of the molecule is CCCCSC1CC(=O)C(CO)(c2ccccc2)OC1OC. The summed E-state index contributed by atoms with van der Waals surface area (Å²) < 4.78 is 11.4. The third-order valence-electron chi connectivity index (χ3n) is 3.98. The summed E-state index contributed by atoms with van der Waals surface area (Å²) in [5.74, 6) is 0.901. The van der Waals surface area contributed by atoms with Gasteiger partial charge < -0.3 is 14.6 Å². The van der Waals surface area contributed by atoms with E-state index in [-0.39, 0.29) is 17.6 Å². The molecule has 4 nitrogen and oxygen atoms in total. The van der Waals surface area contributed by atoms with Gasteiger partial charge in [0.15, 0.2) is 17.7 Å². The first-order chi connectivity index (χ1) is 10.7. The smallest absolute Gasteiger partial charge is 0.177 e. The predicted octanol–water partition coefficient (Wildman–Crippen LogP) is 2.74. The number of hydrogen-bond donors (Lipinski definition) is 1. The number of ether oxygens (including phenoxy) is 2. The van der Waals surface area contributed by atoms with Crippen molar-refractivity contribution in [1.82, 2.24) is 0 Å². The lowest BCUT2D eigenvalue weighted by Crippen LogP contribution is -2.53. The molecule has 1 fully saturated rings. The van der Waals surface area contributed by atoms with Crippen LogP contribution in [-0.4, -0.2) is 41.9 Å². The average molecular weight is 324 g/mol. The number of unbranched alkanes of at least 4 members (excludes halogenated alkanes) is 1. The molecule has 1 aromatic carbocycles. The number of benzene rings is 1. The number of aliphatic hydroxyl groups is 1. The Balaban J connectivity index is 2.20. The normalized spacial score (nSPS) is 28.8. The monoisotopic (exact) mass is 324 g/mol. The van der Waals surface area contributed by atoms with Crippen LogP contribution in [-0.2, 0) is 19.9 Å². The minimum Gasteiger partial charge on any atom is -0.393 e. The van der Waals surface area contributed by atoms with E-state index < -0.39 is 11.9 Å². The van der Waals surface area contributed by atoms with Crippen LogP contribution in [0.1, 0.15) is 31.7 Å². The summed E-state index contributed by atoms with van der Waals surface area (Å²) in [7, 11) is 1.58. The predicted molar refractivity (Wildman–Crippen MR) is 87.9 cm³/mol. The quantitative estimate of drug-likeness (QED) is 0.782. The third kappa shape index (κ3) is 3.54. The molecule has 1 heterocycles. The van der Waals surface area contributed by atoms with Gasteiger partial charge in [-0.25, -0.2) is 0 Å². The molecule has 22 heavy (non-hydrogen) atoms. The van der Waals surface area contributed by atoms with Gasteiger partial charge in [-0.15, -0.1) is 0 Å². The largest absolute Gasteiger partial charge is 0.393 e. The molecule has 1 aliphatic heterocycles. The summed E-state index contributed by atoms with van der Waals surface area (Å²) in [6, 6.07) is 9.18. The number of Topliss-reactive ketones (excluding diaryl/α,β-unsaturated/α-hetero) is 1. The Morgan fingerprint density at radius 1 is 1.41 bits per heavy atom. The van der Waals surface area contributed by atoms with Crippen molar-refractivity contribution in [1.29, 1.82) is 0 Å². The molecule has 1 aromatic rings. The molecule has 0 spiro atoms. The molecule has 0 aromatic heterocycles. The zero-order chi connectivity index (χ0) is 16.0. The summed E-state index contributed by atoms with van der Waals surface area (Å²) in [6.45, 7) is 1.77. The van der Waals surface area contributed by atoms with Gasteiger partial charge in [0.25, 0.3) is 0 Å². The van der Waals surface area contributed by atoms with Crippen LogP contribution in [0.3, 0.4) is 0 Å². The highest BCUT2D eigenvalue weighted by atomic mass is 32.2. The van der Waals surface area contributed by atoms with Gasteiger partial charge in [-0.1, -0.05) is 43.7 Å². The highest BCUT2D eigenvalue weighted by Gasteiger charge is 2.49. The highest BCUT2D eigenvalue weighted by molar-refractivity contribution is 7.99. The van der Waals surface area contributed by atoms with E-state index in [0.29, 0.717) is 12.0 Å². The van der Waals surface area contributed by atoms with Gasteiger partial charge in [0.1, 0.15) is 0 Å². The number of ketones is 1. The third-order valence-corrected chi connectivity index (χ3v) is 5.32. The van der Waals surface area contributed by atoms with Gasteiger partial charge in [0, 0.05) is 13.5 Å². The number of aliphatic hydroxyl groups excluding tert-OH is 1. The second kappa shape index (κ2) is 8.11. The van der Waals surface area contributed by atoms with Crippen molar-refractivity contribution in [2.24, 2.45) is 0 Å². The fraction of sp³-hybridized carbons (Fsp3) is 0.588. The van der Waals surface area contributed by atoms with E-state index in [0.717, 1.165) is 18.6 Å². The number of hydrogen-bond acceptors (Lipinski definition) is 5. The van der Waals surface area contributed by atoms with Crippen molar-refractivity contribution in [3.63, 3.8) is 0 Å². The molecule has 1 N–H and O–H groups in total. The number of carbonyl (C=O) groups is 1. The number of rotatable bonds is 7. The van der Waals surface area contributed by atoms with Crippen LogP contribution < -0.4 is 0 Å². The summed E-state index contributed by atoms with van der Waals surface area (Å²) in [6.07, 6.45) is 2.08. The zero-order valence-electron chi connectivity index (χ0n) is 13.2. The van der Waals surface area contributed by atoms with Crippen LogP contribution in [0.25, 0.3) is 0 Å². The second-order valence-electron chi connectivity index (χ2n) is 5.46. The molecule has 0 aliphatic carbocycles. The van der Waals surface area contributed by atoms with Gasteiger partial charge in [-0.05, 0) is 17.7 Å². The van der Waals surface area contributed by atoms with Crippen LogP contribution in [0.15, 0.2) is 30.3 Å². The minimum atomic E-state index is -1.30. The Morgan fingerprint density at radius 3 is 2.73 bits per heavy atom. The van der Waals surface area contributed by atoms with Gasteiger partial charge in [-0.3, -0.25) is 4.79 Å². The molecule has 0 saturated carbocycles. The first-order valence-corrected chi connectivity index (χ1v) is 8.74. The summed E-state index contributed by atoms with van der Waals surface area (Å²) in [5.41, 5.74) is -0.620. The molecule has 1 aliphatic rings. The molecule has 0 amide bonds. The van der Waals surface area contributed by atoms with Crippen molar-refractivity contribution >= 4 is 17.5 Å². The van der Waals surface area contributed by atoms with Crippen LogP contribution in [0.5, 0.6) is 0 Å². The number of methoxy groups -OCH3 is 1. The molecule has 3 atom stereocenters. The van der Waals surface area contributed by atoms with E-state index in [4.69, 9.17) is 9.47 Å². The highest BCUT2D eigenvalue weighted by Crippen LogP contribution is 2.39. The summed E-state index contributed by atoms with van der Waals surface area (Å²) in [4.78, 5) is 12.7. The van der Waals surface area contributed by atoms with Crippen molar-refractivity contribution in [2.45, 2.75) is 43.3 Å². The van der Waals surface area contributed by atoms with Gasteiger partial charge in [0.2, 0.25) is 0 Å². The van der Waals surface area contributed by atoms with E-state index in [9.17, 15) is 9.90 Å². The molecular weight excluding hydrogens is 300 g/mol. The van der Waals surface area contributed by atoms with E-state index >= 15 is 0 Å². The maximum atomic E-state index is 12.7. The standard InChI is InChI=1S/C17H24O4S/c1-3-4-10-22-14-11-15(19)17(12-18,21-16(14)20-2)13-8-6-5-7-9-13/h5-9,14,16,18H,3-4,10-12H2,1-2H3. The van der Waals surface area contributed by atoms with E-state index in [1.807, 2.05) is 30.3 Å². The van der Waals surface area contributed by atoms with E-state index in [1.54, 1.807) is 18.9 Å². The maximum Gasteiger partial charge on any atom is 0.177 e. The summed E-state index contributed by atoms with van der Waals surface area (Å²) in [5, 5.41) is 9.85. The van der Waals surface area contributed by atoms with Crippen LogP contribution in [0.4, 0.5) is 0 Å². The van der Waals surface area contributed by atoms with Crippen molar-refractivity contribution in [3.8, 4) is 0 Å². The van der Waals surface area contributed by atoms with Crippen molar-refractivity contribution < 1.29 is 19.4 Å². The fourth-order valence-electron chi connectivity index (χ4n) is 2.65. The minimum absolute atomic E-state index is 0.0209. The van der Waals surface area contributed by atoms with Crippen LogP contribution in [0, 0.1) is 0 Å². The Hall–Kier alpha value is -0.880. The Kier molecular flexibility index (Phi) is 6.44. The molecule has 122 valence electrons. The number of carbonyl (C=O) groups excluding carboxylic acids is 1. The summed E-state index contributed by atoms with van der Waals surface area (Å²) >= 11 is 1.71. The van der Waals surface area contributed by atoms with Crippen molar-refractivity contribution in [3.05, 3.63) is 35.9 Å². The molecular formula is C17H24O4S.